The van der Waals surface area contributed by atoms with Gasteiger partial charge in [0.15, 0.2) is 29.1 Å². The summed E-state index contributed by atoms with van der Waals surface area (Å²) >= 11 is 0. The van der Waals surface area contributed by atoms with E-state index in [4.69, 9.17) is 28.4 Å². The zero-order chi connectivity index (χ0) is 23.0. The Morgan fingerprint density at radius 2 is 1.29 bits per heavy atom. The highest BCUT2D eigenvalue weighted by Gasteiger charge is 2.29. The highest BCUT2D eigenvalue weighted by atomic mass is 16.6. The number of hydrogen-bond acceptors (Lipinski definition) is 8. The Balaban J connectivity index is 2.61. The molecule has 0 amide bonds. The van der Waals surface area contributed by atoms with Crippen molar-refractivity contribution in [3.05, 3.63) is 48.0 Å². The predicted molar refractivity (Wildman–Crippen MR) is 116 cm³/mol. The summed E-state index contributed by atoms with van der Waals surface area (Å²) in [4.78, 5) is 0. The van der Waals surface area contributed by atoms with E-state index >= 15 is 0 Å². The van der Waals surface area contributed by atoms with Crippen molar-refractivity contribution in [1.29, 1.82) is 0 Å². The number of rotatable bonds is 12. The minimum Gasteiger partial charge on any atom is -0.493 e. The Bertz CT molecular complexity index is 830. The maximum Gasteiger partial charge on any atom is 0.204 e. The smallest absolute Gasteiger partial charge is 0.204 e. The van der Waals surface area contributed by atoms with Gasteiger partial charge in [0.05, 0.1) is 42.2 Å². The monoisotopic (exact) mass is 434 g/mol. The number of aliphatic hydroxyl groups excluding tert-OH is 2. The van der Waals surface area contributed by atoms with E-state index in [9.17, 15) is 10.2 Å². The highest BCUT2D eigenvalue weighted by molar-refractivity contribution is 5.56. The maximum absolute atomic E-state index is 10.6. The molecule has 0 radical (unpaired) electrons. The molecule has 8 heteroatoms. The van der Waals surface area contributed by atoms with Crippen molar-refractivity contribution in [2.24, 2.45) is 0 Å². The van der Waals surface area contributed by atoms with Crippen molar-refractivity contribution in [3.63, 3.8) is 0 Å². The van der Waals surface area contributed by atoms with Crippen molar-refractivity contribution >= 4 is 0 Å². The van der Waals surface area contributed by atoms with Crippen molar-refractivity contribution in [2.75, 3.05) is 42.2 Å². The molecule has 0 heterocycles. The first kappa shape index (κ1) is 24.2. The first-order valence-electron chi connectivity index (χ1n) is 9.59. The molecule has 0 aliphatic rings. The van der Waals surface area contributed by atoms with Crippen LogP contribution in [-0.2, 0) is 6.42 Å². The fourth-order valence-corrected chi connectivity index (χ4v) is 3.19. The molecule has 2 atom stereocenters. The number of allylic oxidation sites excluding steroid dienone is 1. The molecule has 0 unspecified atom stereocenters. The molecule has 2 rings (SSSR count). The lowest BCUT2D eigenvalue weighted by Crippen LogP contribution is -2.27. The summed E-state index contributed by atoms with van der Waals surface area (Å²) in [5.41, 5.74) is 1.42. The van der Waals surface area contributed by atoms with Gasteiger partial charge in [0.25, 0.3) is 0 Å². The molecule has 0 saturated carbocycles. The van der Waals surface area contributed by atoms with E-state index in [2.05, 4.69) is 6.58 Å². The minimum absolute atomic E-state index is 0.282. The molecule has 0 aliphatic heterocycles. The first-order valence-corrected chi connectivity index (χ1v) is 9.59. The van der Waals surface area contributed by atoms with Crippen LogP contribution in [0.1, 0.15) is 17.2 Å². The van der Waals surface area contributed by atoms with Crippen LogP contribution in [0.2, 0.25) is 0 Å². The number of hydrogen-bond donors (Lipinski definition) is 2. The lowest BCUT2D eigenvalue weighted by atomic mass is 10.0. The molecule has 0 aliphatic carbocycles. The number of aliphatic hydroxyl groups is 2. The van der Waals surface area contributed by atoms with E-state index in [-0.39, 0.29) is 5.75 Å². The van der Waals surface area contributed by atoms with Gasteiger partial charge in [0.1, 0.15) is 6.10 Å². The van der Waals surface area contributed by atoms with Gasteiger partial charge in [-0.05, 0) is 36.2 Å². The SMILES string of the molecule is C=CCc1cc(OC)c(O[C@@H](c2cc(OC)c(OC)c(OC)c2)[C@@H](O)CO)c(OC)c1. The van der Waals surface area contributed by atoms with Crippen LogP contribution in [0.15, 0.2) is 36.9 Å². The van der Waals surface area contributed by atoms with Gasteiger partial charge < -0.3 is 38.6 Å². The Kier molecular flexibility index (Phi) is 8.84. The van der Waals surface area contributed by atoms with Crippen LogP contribution >= 0.6 is 0 Å². The van der Waals surface area contributed by atoms with E-state index < -0.39 is 18.8 Å². The Morgan fingerprint density at radius 3 is 1.68 bits per heavy atom. The second-order valence-corrected chi connectivity index (χ2v) is 6.57. The quantitative estimate of drug-likeness (QED) is 0.493. The maximum atomic E-state index is 10.6. The van der Waals surface area contributed by atoms with Gasteiger partial charge in [-0.25, -0.2) is 0 Å². The van der Waals surface area contributed by atoms with E-state index in [0.717, 1.165) is 5.56 Å². The van der Waals surface area contributed by atoms with Crippen LogP contribution in [0.25, 0.3) is 0 Å². The average molecular weight is 434 g/mol. The summed E-state index contributed by atoms with van der Waals surface area (Å²) in [7, 11) is 7.50. The molecule has 8 nitrogen and oxygen atoms in total. The topological polar surface area (TPSA) is 95.8 Å². The van der Waals surface area contributed by atoms with Crippen LogP contribution in [0.3, 0.4) is 0 Å². The molecule has 170 valence electrons. The van der Waals surface area contributed by atoms with Crippen LogP contribution in [0, 0.1) is 0 Å². The van der Waals surface area contributed by atoms with E-state index in [1.165, 1.54) is 35.5 Å². The molecular formula is C23H30O8. The summed E-state index contributed by atoms with van der Waals surface area (Å²) in [5.74, 6) is 2.28. The molecule has 0 fully saturated rings. The average Bonchev–Trinajstić information content (AvgIpc) is 2.81. The summed E-state index contributed by atoms with van der Waals surface area (Å²) in [6.07, 6.45) is 0.128. The van der Waals surface area contributed by atoms with Crippen LogP contribution in [-0.4, -0.2) is 58.5 Å². The third kappa shape index (κ3) is 5.34. The van der Waals surface area contributed by atoms with Gasteiger partial charge in [-0.2, -0.15) is 0 Å². The lowest BCUT2D eigenvalue weighted by Gasteiger charge is -2.27. The zero-order valence-electron chi connectivity index (χ0n) is 18.5. The normalized spacial score (nSPS) is 12.5. The molecule has 31 heavy (non-hydrogen) atoms. The summed E-state index contributed by atoms with van der Waals surface area (Å²) in [6.45, 7) is 3.21. The number of ether oxygens (including phenoxy) is 6. The molecule has 2 N–H and O–H groups in total. The third-order valence-corrected chi connectivity index (χ3v) is 4.70. The highest BCUT2D eigenvalue weighted by Crippen LogP contribution is 2.45. The second-order valence-electron chi connectivity index (χ2n) is 6.57. The summed E-state index contributed by atoms with van der Waals surface area (Å²) < 4.78 is 33.3. The second kappa shape index (κ2) is 11.3. The molecule has 0 aromatic heterocycles. The molecule has 0 bridgehead atoms. The van der Waals surface area contributed by atoms with E-state index in [1.807, 2.05) is 0 Å². The molecular weight excluding hydrogens is 404 g/mol. The summed E-state index contributed by atoms with van der Waals surface area (Å²) in [6, 6.07) is 6.90. The largest absolute Gasteiger partial charge is 0.493 e. The van der Waals surface area contributed by atoms with Crippen molar-refractivity contribution in [3.8, 4) is 34.5 Å². The van der Waals surface area contributed by atoms with Crippen LogP contribution < -0.4 is 28.4 Å². The van der Waals surface area contributed by atoms with Crippen molar-refractivity contribution in [2.45, 2.75) is 18.6 Å². The standard InChI is InChI=1S/C23H30O8/c1-7-8-14-9-17(26-2)23(18(10-14)27-3)31-21(16(25)13-24)15-11-19(28-4)22(30-6)20(12-15)29-5/h7,9-12,16,21,24-25H,1,8,13H2,2-6H3/t16-,21-/m0/s1. The van der Waals surface area contributed by atoms with Gasteiger partial charge in [-0.3, -0.25) is 0 Å². The minimum atomic E-state index is -1.26. The first-order chi connectivity index (χ1) is 15.0. The van der Waals surface area contributed by atoms with E-state index in [0.29, 0.717) is 40.7 Å². The number of benzene rings is 2. The van der Waals surface area contributed by atoms with Crippen molar-refractivity contribution in [1.82, 2.24) is 0 Å². The Morgan fingerprint density at radius 1 is 0.806 bits per heavy atom. The number of methoxy groups -OCH3 is 5. The summed E-state index contributed by atoms with van der Waals surface area (Å²) in [5, 5.41) is 20.2. The van der Waals surface area contributed by atoms with Gasteiger partial charge in [0, 0.05) is 5.56 Å². The fraction of sp³-hybridized carbons (Fsp3) is 0.391. The molecule has 0 spiro atoms. The Labute approximate surface area is 182 Å². The predicted octanol–water partition coefficient (Wildman–Crippen LogP) is 2.93. The van der Waals surface area contributed by atoms with Gasteiger partial charge >= 0.3 is 0 Å². The van der Waals surface area contributed by atoms with Gasteiger partial charge in [-0.1, -0.05) is 6.08 Å². The Hall–Kier alpha value is -3.10. The van der Waals surface area contributed by atoms with E-state index in [1.54, 1.807) is 30.3 Å². The van der Waals surface area contributed by atoms with Crippen LogP contribution in [0.4, 0.5) is 0 Å². The zero-order valence-corrected chi connectivity index (χ0v) is 18.5. The third-order valence-electron chi connectivity index (χ3n) is 4.70. The molecule has 0 saturated heterocycles. The molecule has 2 aromatic rings. The lowest BCUT2D eigenvalue weighted by molar-refractivity contribution is -0.00406. The van der Waals surface area contributed by atoms with Crippen molar-refractivity contribution < 1.29 is 38.6 Å². The van der Waals surface area contributed by atoms with Gasteiger partial charge in [0.2, 0.25) is 11.5 Å². The molecule has 2 aromatic carbocycles. The van der Waals surface area contributed by atoms with Crippen LogP contribution in [0.5, 0.6) is 34.5 Å². The van der Waals surface area contributed by atoms with Gasteiger partial charge in [-0.15, -0.1) is 6.58 Å². The fourth-order valence-electron chi connectivity index (χ4n) is 3.19.